The van der Waals surface area contributed by atoms with E-state index >= 15 is 0 Å². The van der Waals surface area contributed by atoms with Gasteiger partial charge in [-0.15, -0.1) is 0 Å². The largest absolute Gasteiger partial charge is 0.508 e. The maximum Gasteiger partial charge on any atom is 0.329 e. The zero-order valence-corrected chi connectivity index (χ0v) is 39.6. The van der Waals surface area contributed by atoms with E-state index in [4.69, 9.17) is 10.5 Å². The lowest BCUT2D eigenvalue weighted by atomic mass is 9.91. The molecule has 20 nitrogen and oxygen atoms in total. The molecule has 0 aromatic heterocycles. The minimum absolute atomic E-state index is 0.0129. The van der Waals surface area contributed by atoms with E-state index < -0.39 is 126 Å². The average Bonchev–Trinajstić information content (AvgIpc) is 3.58. The number of carbonyl (C=O) groups is 9. The fraction of sp³-hybridized carbons (Fsp3) is 0.674. The van der Waals surface area contributed by atoms with Gasteiger partial charge in [-0.2, -0.15) is 0 Å². The first-order valence-electron chi connectivity index (χ1n) is 23.0. The summed E-state index contributed by atoms with van der Waals surface area (Å²) in [4.78, 5) is 130. The molecular weight excluding hydrogens is 857 g/mol. The molecule has 3 fully saturated rings. The molecule has 8 N–H and O–H groups in total. The molecule has 3 heterocycles. The SMILES string of the molecule is CC[C@H](C)[C@@H]1NC(=O)[C@H](Cc2ccc(O)cc2)N(C)C(=O)[C@H]([C@@H](C)CC)N2C(=O)[C@H](CC[C@H]2O)NC(=O)[C@H](CC(C)C)NC(=O)[C@@H]2[C@@H](OC1=O)[C@@H](C)CN2C(=O)[C@H](CCC(N)=O)NC(C)=O. The number of nitrogens with one attached hydrogen (secondary N) is 4. The van der Waals surface area contributed by atoms with E-state index in [-0.39, 0.29) is 56.7 Å². The summed E-state index contributed by atoms with van der Waals surface area (Å²) in [6.45, 7) is 13.3. The predicted molar refractivity (Wildman–Crippen MR) is 239 cm³/mol. The summed E-state index contributed by atoms with van der Waals surface area (Å²) in [6.07, 6.45) is -2.68. The summed E-state index contributed by atoms with van der Waals surface area (Å²) in [5, 5.41) is 32.3. The van der Waals surface area contributed by atoms with E-state index in [0.717, 1.165) is 9.80 Å². The number of phenols is 1. The van der Waals surface area contributed by atoms with Gasteiger partial charge >= 0.3 is 5.97 Å². The highest BCUT2D eigenvalue weighted by molar-refractivity contribution is 5.98. The fourth-order valence-corrected chi connectivity index (χ4v) is 8.91. The highest BCUT2D eigenvalue weighted by Crippen LogP contribution is 2.31. The van der Waals surface area contributed by atoms with E-state index in [0.29, 0.717) is 18.4 Å². The van der Waals surface area contributed by atoms with Crippen LogP contribution in [0, 0.1) is 23.7 Å². The van der Waals surface area contributed by atoms with Crippen molar-refractivity contribution in [1.29, 1.82) is 0 Å². The van der Waals surface area contributed by atoms with Crippen LogP contribution in [-0.2, 0) is 54.3 Å². The molecule has 1 aromatic rings. The Balaban J connectivity index is 1.93. The fourth-order valence-electron chi connectivity index (χ4n) is 8.91. The number of phenolic OH excluding ortho intramolecular Hbond substituents is 1. The Hall–Kier alpha value is -5.79. The number of nitrogens with two attached hydrogens (primary N) is 1. The second-order valence-electron chi connectivity index (χ2n) is 18.7. The highest BCUT2D eigenvalue weighted by Gasteiger charge is 2.52. The minimum atomic E-state index is -1.59. The maximum atomic E-state index is 14.9. The predicted octanol–water partition coefficient (Wildman–Crippen LogP) is 0.206. The number of hydrogen-bond donors (Lipinski definition) is 7. The van der Waals surface area contributed by atoms with Crippen molar-refractivity contribution in [1.82, 2.24) is 36.0 Å². The first-order valence-corrected chi connectivity index (χ1v) is 23.0. The van der Waals surface area contributed by atoms with Crippen LogP contribution in [0.25, 0.3) is 0 Å². The third-order valence-corrected chi connectivity index (χ3v) is 13.1. The lowest BCUT2D eigenvalue weighted by molar-refractivity contribution is -0.168. The van der Waals surface area contributed by atoms with Gasteiger partial charge in [0.05, 0.1) is 0 Å². The van der Waals surface area contributed by atoms with Crippen molar-refractivity contribution in [3.05, 3.63) is 29.8 Å². The van der Waals surface area contributed by atoms with Crippen LogP contribution in [0.5, 0.6) is 5.75 Å². The summed E-state index contributed by atoms with van der Waals surface area (Å²) in [5.41, 5.74) is 5.93. The molecule has 4 rings (SSSR count). The Morgan fingerprint density at radius 3 is 2.11 bits per heavy atom. The van der Waals surface area contributed by atoms with Crippen LogP contribution in [-0.4, -0.2) is 146 Å². The molecule has 0 radical (unpaired) electrons. The second kappa shape index (κ2) is 23.1. The zero-order valence-electron chi connectivity index (χ0n) is 39.6. The van der Waals surface area contributed by atoms with Gasteiger partial charge in [-0.3, -0.25) is 38.4 Å². The van der Waals surface area contributed by atoms with Crippen LogP contribution in [0.4, 0.5) is 0 Å². The maximum absolute atomic E-state index is 14.9. The number of nitrogens with zero attached hydrogens (tertiary/aromatic N) is 3. The molecular formula is C46H70N8O12. The number of rotatable bonds is 13. The molecule has 0 saturated carbocycles. The van der Waals surface area contributed by atoms with Crippen LogP contribution < -0.4 is 27.0 Å². The number of benzene rings is 1. The number of aromatic hydroxyl groups is 1. The summed E-state index contributed by atoms with van der Waals surface area (Å²) in [5.74, 6) is -9.06. The number of fused-ring (bicyclic) bond motifs is 3. The van der Waals surface area contributed by atoms with Gasteiger partial charge in [0.25, 0.3) is 0 Å². The standard InChI is InChI=1S/C46H70N8O12/c1-10-24(5)36-46(65)66-39-26(7)22-53(43(62)30(48-27(8)55)16-18-34(47)57)38(39)42(61)50-32(20-23(3)4)40(59)49-31-17-19-35(58)54(44(31)63)37(25(6)11-2)45(64)52(9)33(41(60)51-36)21-28-12-14-29(56)15-13-28/h12-15,23-26,30-33,35-39,56,58H,10-11,16-22H2,1-9H3,(H2,47,57)(H,48,55)(H,49,59)(H,50,61)(H,51,60)/t24-,25-,26-,30-,31-,32-,33-,35+,36-,37-,38-,39-/m0/s1. The molecule has 12 atom stereocenters. The van der Waals surface area contributed by atoms with Crippen molar-refractivity contribution >= 4 is 53.2 Å². The molecule has 20 heteroatoms. The van der Waals surface area contributed by atoms with Crippen LogP contribution in [0.2, 0.25) is 0 Å². The number of carbonyl (C=O) groups excluding carboxylic acids is 9. The summed E-state index contributed by atoms with van der Waals surface area (Å²) < 4.78 is 6.19. The monoisotopic (exact) mass is 927 g/mol. The van der Waals surface area contributed by atoms with Gasteiger partial charge in [-0.05, 0) is 61.1 Å². The lowest BCUT2D eigenvalue weighted by Gasteiger charge is -2.44. The normalized spacial score (nSPS) is 28.4. The quantitative estimate of drug-likeness (QED) is 0.131. The summed E-state index contributed by atoms with van der Waals surface area (Å²) >= 11 is 0. The first-order chi connectivity index (χ1) is 31.0. The van der Waals surface area contributed by atoms with E-state index in [1.807, 2.05) is 13.8 Å². The van der Waals surface area contributed by atoms with Crippen molar-refractivity contribution in [3.63, 3.8) is 0 Å². The number of amides is 8. The second-order valence-corrected chi connectivity index (χ2v) is 18.7. The van der Waals surface area contributed by atoms with E-state index in [2.05, 4.69) is 21.3 Å². The van der Waals surface area contributed by atoms with Crippen molar-refractivity contribution in [3.8, 4) is 5.75 Å². The van der Waals surface area contributed by atoms with Gasteiger partial charge in [0.1, 0.15) is 60.4 Å². The number of likely N-dealkylation sites (tertiary alicyclic amines) is 1. The van der Waals surface area contributed by atoms with Gasteiger partial charge in [0.2, 0.25) is 47.3 Å². The number of primary amides is 1. The Morgan fingerprint density at radius 2 is 1.53 bits per heavy atom. The number of hydrogen-bond acceptors (Lipinski definition) is 12. The van der Waals surface area contributed by atoms with Gasteiger partial charge in [-0.1, -0.05) is 73.4 Å². The number of esters is 1. The van der Waals surface area contributed by atoms with Crippen molar-refractivity contribution < 1.29 is 58.1 Å². The Labute approximate surface area is 386 Å². The molecule has 0 aliphatic carbocycles. The molecule has 0 unspecified atom stereocenters. The molecule has 66 heavy (non-hydrogen) atoms. The topological polar surface area (TPSA) is 287 Å². The average molecular weight is 927 g/mol. The Morgan fingerprint density at radius 1 is 0.894 bits per heavy atom. The molecule has 2 bridgehead atoms. The first kappa shape index (κ1) is 52.8. The van der Waals surface area contributed by atoms with Gasteiger partial charge in [0.15, 0.2) is 0 Å². The van der Waals surface area contributed by atoms with Crippen LogP contribution in [0.1, 0.15) is 106 Å². The molecule has 0 spiro atoms. The molecule has 3 aliphatic heterocycles. The zero-order chi connectivity index (χ0) is 49.3. The van der Waals surface area contributed by atoms with Crippen LogP contribution >= 0.6 is 0 Å². The van der Waals surface area contributed by atoms with E-state index in [1.165, 1.54) is 31.0 Å². The van der Waals surface area contributed by atoms with Crippen molar-refractivity contribution in [2.24, 2.45) is 29.4 Å². The molecule has 366 valence electrons. The summed E-state index contributed by atoms with van der Waals surface area (Å²) in [7, 11) is 1.39. The molecule has 8 amide bonds. The lowest BCUT2D eigenvalue weighted by Crippen LogP contribution is -2.66. The number of piperidine rings is 1. The summed E-state index contributed by atoms with van der Waals surface area (Å²) in [6, 6.07) is -3.48. The number of ether oxygens (including phenoxy) is 1. The molecule has 3 saturated heterocycles. The van der Waals surface area contributed by atoms with Crippen molar-refractivity contribution in [2.45, 2.75) is 161 Å². The minimum Gasteiger partial charge on any atom is -0.508 e. The van der Waals surface area contributed by atoms with Crippen LogP contribution in [0.3, 0.4) is 0 Å². The highest BCUT2D eigenvalue weighted by atomic mass is 16.5. The van der Waals surface area contributed by atoms with Crippen molar-refractivity contribution in [2.75, 3.05) is 13.6 Å². The van der Waals surface area contributed by atoms with Gasteiger partial charge < -0.3 is 56.7 Å². The van der Waals surface area contributed by atoms with Gasteiger partial charge in [-0.25, -0.2) is 4.79 Å². The third-order valence-electron chi connectivity index (χ3n) is 13.1. The third kappa shape index (κ3) is 12.8. The number of aliphatic hydroxyl groups excluding tert-OH is 1. The molecule has 3 aliphatic rings. The smallest absolute Gasteiger partial charge is 0.329 e. The Kier molecular flexibility index (Phi) is 18.5. The number of likely N-dealkylation sites (N-methyl/N-ethyl adjacent to an activating group) is 1. The van der Waals surface area contributed by atoms with Crippen LogP contribution in [0.15, 0.2) is 24.3 Å². The molecule has 1 aromatic carbocycles. The van der Waals surface area contributed by atoms with E-state index in [1.54, 1.807) is 46.8 Å². The number of aliphatic hydroxyl groups is 1. The Bertz CT molecular complexity index is 1960. The van der Waals surface area contributed by atoms with Gasteiger partial charge in [0, 0.05) is 39.3 Å². The van der Waals surface area contributed by atoms with E-state index in [9.17, 15) is 53.4 Å².